The highest BCUT2D eigenvalue weighted by molar-refractivity contribution is 6.31. The maximum Gasteiger partial charge on any atom is 0.227 e. The lowest BCUT2D eigenvalue weighted by Crippen LogP contribution is -2.44. The van der Waals surface area contributed by atoms with Crippen molar-refractivity contribution >= 4 is 40.4 Å². The van der Waals surface area contributed by atoms with Crippen LogP contribution in [0.25, 0.3) is 0 Å². The van der Waals surface area contributed by atoms with Gasteiger partial charge < -0.3 is 4.90 Å². The van der Waals surface area contributed by atoms with Crippen LogP contribution < -0.4 is 4.90 Å². The molecule has 2 aromatic carbocycles. The Hall–Kier alpha value is -2.46. The van der Waals surface area contributed by atoms with Crippen LogP contribution in [0.15, 0.2) is 53.5 Å². The molecule has 150 valence electrons. The van der Waals surface area contributed by atoms with Crippen molar-refractivity contribution in [1.82, 2.24) is 0 Å². The van der Waals surface area contributed by atoms with E-state index in [1.807, 2.05) is 48.5 Å². The quantitative estimate of drug-likeness (QED) is 0.617. The van der Waals surface area contributed by atoms with E-state index in [0.717, 1.165) is 48.3 Å². The molecular weight excluding hydrogens is 384 g/mol. The SMILES string of the molecule is CCCCC(=O)N1c2ccccc2N=C2CCCC(=O)C2C1c1ccccc1Cl. The smallest absolute Gasteiger partial charge is 0.227 e. The molecule has 2 aliphatic rings. The summed E-state index contributed by atoms with van der Waals surface area (Å²) in [6.45, 7) is 2.07. The standard InChI is InChI=1S/C24H25ClN2O2/c1-2-3-15-22(29)27-20-13-7-6-11-18(20)26-19-12-8-14-21(28)23(19)24(27)16-9-4-5-10-17(16)25/h4-7,9-11,13,23-24H,2-3,8,12,14-15H2,1H3. The number of carbonyl (C=O) groups is 2. The van der Waals surface area contributed by atoms with Gasteiger partial charge in [0.15, 0.2) is 0 Å². The van der Waals surface area contributed by atoms with Crippen molar-refractivity contribution in [3.05, 3.63) is 59.1 Å². The number of unbranched alkanes of at least 4 members (excludes halogenated alkanes) is 1. The molecule has 0 N–H and O–H groups in total. The second-order valence-electron chi connectivity index (χ2n) is 7.72. The lowest BCUT2D eigenvalue weighted by molar-refractivity contribution is -0.123. The van der Waals surface area contributed by atoms with Gasteiger partial charge in [-0.15, -0.1) is 0 Å². The topological polar surface area (TPSA) is 49.7 Å². The third-order valence-electron chi connectivity index (χ3n) is 5.80. The second-order valence-corrected chi connectivity index (χ2v) is 8.13. The fourth-order valence-corrected chi connectivity index (χ4v) is 4.66. The number of anilines is 1. The van der Waals surface area contributed by atoms with Crippen molar-refractivity contribution in [1.29, 1.82) is 0 Å². The molecule has 0 spiro atoms. The molecule has 1 fully saturated rings. The molecule has 0 saturated heterocycles. The summed E-state index contributed by atoms with van der Waals surface area (Å²) in [7, 11) is 0. The number of nitrogens with zero attached hydrogens (tertiary/aromatic N) is 2. The van der Waals surface area contributed by atoms with Crippen molar-refractivity contribution in [3.8, 4) is 0 Å². The Kier molecular flexibility index (Phi) is 5.81. The van der Waals surface area contributed by atoms with Gasteiger partial charge in [0, 0.05) is 23.6 Å². The molecule has 4 nitrogen and oxygen atoms in total. The van der Waals surface area contributed by atoms with Crippen LogP contribution in [0.3, 0.4) is 0 Å². The van der Waals surface area contributed by atoms with E-state index < -0.39 is 12.0 Å². The summed E-state index contributed by atoms with van der Waals surface area (Å²) in [5.74, 6) is -0.304. The molecule has 1 amide bonds. The highest BCUT2D eigenvalue weighted by Crippen LogP contribution is 2.46. The van der Waals surface area contributed by atoms with Gasteiger partial charge in [-0.3, -0.25) is 14.6 Å². The van der Waals surface area contributed by atoms with E-state index in [9.17, 15) is 9.59 Å². The molecule has 5 heteroatoms. The van der Waals surface area contributed by atoms with E-state index in [0.29, 0.717) is 17.9 Å². The van der Waals surface area contributed by atoms with Gasteiger partial charge in [0.1, 0.15) is 5.78 Å². The molecule has 1 aliphatic carbocycles. The minimum atomic E-state index is -0.469. The number of aliphatic imine (C=N–C) groups is 1. The minimum Gasteiger partial charge on any atom is -0.302 e. The maximum atomic E-state index is 13.5. The largest absolute Gasteiger partial charge is 0.302 e. The maximum absolute atomic E-state index is 13.5. The number of Topliss-reactive ketones (excluding diaryl/α,β-unsaturated/α-hetero) is 1. The van der Waals surface area contributed by atoms with Crippen molar-refractivity contribution in [2.24, 2.45) is 10.9 Å². The van der Waals surface area contributed by atoms with Gasteiger partial charge in [0.05, 0.1) is 23.3 Å². The fraction of sp³-hybridized carbons (Fsp3) is 0.375. The monoisotopic (exact) mass is 408 g/mol. The zero-order valence-electron chi connectivity index (χ0n) is 16.6. The first-order valence-corrected chi connectivity index (χ1v) is 10.7. The van der Waals surface area contributed by atoms with Crippen molar-refractivity contribution in [3.63, 3.8) is 0 Å². The Morgan fingerprint density at radius 2 is 1.90 bits per heavy atom. The van der Waals surface area contributed by atoms with Crippen LogP contribution in [0.5, 0.6) is 0 Å². The van der Waals surface area contributed by atoms with E-state index in [1.165, 1.54) is 0 Å². The average Bonchev–Trinajstić information content (AvgIpc) is 2.87. The van der Waals surface area contributed by atoms with E-state index >= 15 is 0 Å². The summed E-state index contributed by atoms with van der Waals surface area (Å²) in [6, 6.07) is 14.8. The number of hydrogen-bond donors (Lipinski definition) is 0. The van der Waals surface area contributed by atoms with Crippen LogP contribution >= 0.6 is 11.6 Å². The summed E-state index contributed by atoms with van der Waals surface area (Å²) >= 11 is 6.60. The van der Waals surface area contributed by atoms with Gasteiger partial charge in [-0.25, -0.2) is 0 Å². The third-order valence-corrected chi connectivity index (χ3v) is 6.14. The number of para-hydroxylation sites is 2. The zero-order chi connectivity index (χ0) is 20.4. The van der Waals surface area contributed by atoms with Gasteiger partial charge >= 0.3 is 0 Å². The molecule has 0 radical (unpaired) electrons. The van der Waals surface area contributed by atoms with Crippen molar-refractivity contribution in [2.45, 2.75) is 51.5 Å². The number of rotatable bonds is 4. The summed E-state index contributed by atoms with van der Waals surface area (Å²) < 4.78 is 0. The third kappa shape index (κ3) is 3.74. The number of hydrogen-bond acceptors (Lipinski definition) is 3. The normalized spacial score (nSPS) is 21.1. The van der Waals surface area contributed by atoms with Crippen molar-refractivity contribution in [2.75, 3.05) is 4.90 Å². The van der Waals surface area contributed by atoms with Gasteiger partial charge in [0.2, 0.25) is 5.91 Å². The lowest BCUT2D eigenvalue weighted by atomic mass is 9.77. The van der Waals surface area contributed by atoms with Crippen LogP contribution in [-0.4, -0.2) is 17.4 Å². The Morgan fingerprint density at radius 1 is 1.14 bits per heavy atom. The molecule has 1 saturated carbocycles. The summed E-state index contributed by atoms with van der Waals surface area (Å²) in [6.07, 6.45) is 4.25. The van der Waals surface area contributed by atoms with Gasteiger partial charge in [0.25, 0.3) is 0 Å². The molecule has 29 heavy (non-hydrogen) atoms. The highest BCUT2D eigenvalue weighted by Gasteiger charge is 2.44. The molecule has 0 aromatic heterocycles. The summed E-state index contributed by atoms with van der Waals surface area (Å²) in [4.78, 5) is 33.3. The molecule has 2 atom stereocenters. The van der Waals surface area contributed by atoms with Crippen LogP contribution in [0.1, 0.15) is 57.1 Å². The molecule has 0 bridgehead atoms. The fourth-order valence-electron chi connectivity index (χ4n) is 4.41. The number of fused-ring (bicyclic) bond motifs is 2. The minimum absolute atomic E-state index is 0.0130. The highest BCUT2D eigenvalue weighted by atomic mass is 35.5. The van der Waals surface area contributed by atoms with Crippen LogP contribution in [0, 0.1) is 5.92 Å². The van der Waals surface area contributed by atoms with Gasteiger partial charge in [-0.2, -0.15) is 0 Å². The molecule has 4 rings (SSSR count). The lowest BCUT2D eigenvalue weighted by Gasteiger charge is -2.37. The summed E-state index contributed by atoms with van der Waals surface area (Å²) in [5.41, 5.74) is 3.18. The Labute approximate surface area is 176 Å². The molecule has 2 aromatic rings. The first kappa shape index (κ1) is 19.8. The van der Waals surface area contributed by atoms with E-state index in [4.69, 9.17) is 16.6 Å². The molecular formula is C24H25ClN2O2. The first-order valence-electron chi connectivity index (χ1n) is 10.4. The van der Waals surface area contributed by atoms with Crippen LogP contribution in [0.2, 0.25) is 5.02 Å². The Morgan fingerprint density at radius 3 is 2.69 bits per heavy atom. The molecule has 2 unspecified atom stereocenters. The zero-order valence-corrected chi connectivity index (χ0v) is 17.4. The summed E-state index contributed by atoms with van der Waals surface area (Å²) in [5, 5.41) is 0.572. The van der Waals surface area contributed by atoms with Crippen molar-refractivity contribution < 1.29 is 9.59 Å². The molecule has 1 aliphatic heterocycles. The van der Waals surface area contributed by atoms with Crippen LogP contribution in [-0.2, 0) is 9.59 Å². The second kappa shape index (κ2) is 8.50. The number of carbonyl (C=O) groups excluding carboxylic acids is 2. The number of amides is 1. The Bertz CT molecular complexity index is 969. The molecule has 1 heterocycles. The van der Waals surface area contributed by atoms with E-state index in [2.05, 4.69) is 6.92 Å². The number of halogens is 1. The van der Waals surface area contributed by atoms with Gasteiger partial charge in [-0.1, -0.05) is 55.3 Å². The number of ketones is 1. The predicted molar refractivity (Wildman–Crippen MR) is 117 cm³/mol. The number of benzene rings is 2. The van der Waals surface area contributed by atoms with E-state index in [-0.39, 0.29) is 11.7 Å². The van der Waals surface area contributed by atoms with Gasteiger partial charge in [-0.05, 0) is 43.0 Å². The Balaban J connectivity index is 1.95. The van der Waals surface area contributed by atoms with E-state index in [1.54, 1.807) is 4.90 Å². The first-order chi connectivity index (χ1) is 14.1. The van der Waals surface area contributed by atoms with Crippen LogP contribution in [0.4, 0.5) is 11.4 Å². The average molecular weight is 409 g/mol. The predicted octanol–water partition coefficient (Wildman–Crippen LogP) is 6.06.